The van der Waals surface area contributed by atoms with E-state index in [0.29, 0.717) is 31.7 Å². The van der Waals surface area contributed by atoms with Gasteiger partial charge in [-0.2, -0.15) is 0 Å². The van der Waals surface area contributed by atoms with Gasteiger partial charge in [-0.25, -0.2) is 13.6 Å². The van der Waals surface area contributed by atoms with Crippen molar-refractivity contribution in [1.82, 2.24) is 9.47 Å². The van der Waals surface area contributed by atoms with Gasteiger partial charge in [-0.15, -0.1) is 0 Å². The lowest BCUT2D eigenvalue weighted by molar-refractivity contribution is 0.0301. The van der Waals surface area contributed by atoms with Crippen LogP contribution in [0.1, 0.15) is 48.5 Å². The molecule has 176 valence electrons. The summed E-state index contributed by atoms with van der Waals surface area (Å²) in [7, 11) is 1.67. The minimum atomic E-state index is -2.28. The van der Waals surface area contributed by atoms with E-state index in [1.54, 1.807) is 29.5 Å². The number of carbonyl (C=O) groups excluding carboxylic acids is 1. The molecule has 0 aliphatic carbocycles. The van der Waals surface area contributed by atoms with Crippen molar-refractivity contribution in [2.24, 2.45) is 7.05 Å². The van der Waals surface area contributed by atoms with E-state index >= 15 is 0 Å². The van der Waals surface area contributed by atoms with Crippen LogP contribution >= 0.6 is 0 Å². The Kier molecular flexibility index (Phi) is 11.3. The molecule has 1 aromatic heterocycles. The molecule has 1 aliphatic rings. The van der Waals surface area contributed by atoms with E-state index in [2.05, 4.69) is 19.9 Å². The van der Waals surface area contributed by atoms with E-state index in [4.69, 9.17) is 4.74 Å². The van der Waals surface area contributed by atoms with Gasteiger partial charge in [0.2, 0.25) is 0 Å². The van der Waals surface area contributed by atoms with Crippen LogP contribution in [0.3, 0.4) is 0 Å². The molecular formula is C24H32F2N2O4. The Morgan fingerprint density at radius 3 is 2.12 bits per heavy atom. The Hall–Kier alpha value is -3.00. The lowest BCUT2D eigenvalue weighted by Gasteiger charge is -2.26. The second-order valence-corrected chi connectivity index (χ2v) is 7.24. The molecule has 0 saturated carbocycles. The van der Waals surface area contributed by atoms with Crippen molar-refractivity contribution in [2.75, 3.05) is 26.3 Å². The fraction of sp³-hybridized carbons (Fsp3) is 0.417. The maximum absolute atomic E-state index is 12.7. The summed E-state index contributed by atoms with van der Waals surface area (Å²) in [6.45, 7) is 9.71. The minimum Gasteiger partial charge on any atom is -0.477 e. The topological polar surface area (TPSA) is 71.8 Å². The number of carboxylic acids is 1. The van der Waals surface area contributed by atoms with Crippen LogP contribution < -0.4 is 0 Å². The number of hydrogen-bond donors (Lipinski definition) is 1. The fourth-order valence-corrected chi connectivity index (χ4v) is 2.93. The summed E-state index contributed by atoms with van der Waals surface area (Å²) in [6, 6.07) is 7.24. The monoisotopic (exact) mass is 450 g/mol. The van der Waals surface area contributed by atoms with E-state index < -0.39 is 12.4 Å². The first kappa shape index (κ1) is 27.0. The lowest BCUT2D eigenvalue weighted by atomic mass is 10.1. The number of benzene rings is 1. The largest absolute Gasteiger partial charge is 0.477 e. The van der Waals surface area contributed by atoms with Gasteiger partial charge in [0.25, 0.3) is 12.3 Å². The quantitative estimate of drug-likeness (QED) is 0.657. The minimum absolute atomic E-state index is 0.0349. The van der Waals surface area contributed by atoms with Crippen LogP contribution in [0.2, 0.25) is 0 Å². The van der Waals surface area contributed by atoms with Gasteiger partial charge in [0.1, 0.15) is 5.69 Å². The zero-order valence-electron chi connectivity index (χ0n) is 19.3. The number of aromatic carboxylic acids is 1. The third-order valence-electron chi connectivity index (χ3n) is 4.74. The highest BCUT2D eigenvalue weighted by Crippen LogP contribution is 2.27. The second-order valence-electron chi connectivity index (χ2n) is 7.24. The van der Waals surface area contributed by atoms with Crippen molar-refractivity contribution < 1.29 is 28.2 Å². The third kappa shape index (κ3) is 7.60. The number of rotatable bonds is 3. The molecule has 0 unspecified atom stereocenters. The molecule has 1 aromatic carbocycles. The standard InChI is InChI=1S/C15H16N2O4.C5H10.C4H6F2/c1-16-11-5-3-2-4-10(11)12(13(16)15(19)20)14(18)17-6-8-21-9-7-17;1-4-5(2)3;1-2-3-4(5)6/h2-5H,6-9H2,1H3,(H,19,20);4H,1-3H3;2-4H,1H3/b;;3-2+. The lowest BCUT2D eigenvalue weighted by Crippen LogP contribution is -2.41. The molecule has 32 heavy (non-hydrogen) atoms. The van der Waals surface area contributed by atoms with Gasteiger partial charge in [0, 0.05) is 31.0 Å². The molecule has 1 aliphatic heterocycles. The van der Waals surface area contributed by atoms with Crippen LogP contribution in [0.25, 0.3) is 10.9 Å². The second kappa shape index (κ2) is 13.4. The predicted octanol–water partition coefficient (Wildman–Crippen LogP) is 5.15. The molecule has 6 nitrogen and oxygen atoms in total. The van der Waals surface area contributed by atoms with Gasteiger partial charge in [0.15, 0.2) is 0 Å². The van der Waals surface area contributed by atoms with E-state index in [9.17, 15) is 23.5 Å². The number of carboxylic acid groups (broad SMARTS) is 1. The van der Waals surface area contributed by atoms with E-state index in [0.717, 1.165) is 11.6 Å². The molecule has 2 aromatic rings. The van der Waals surface area contributed by atoms with Crippen molar-refractivity contribution in [3.8, 4) is 0 Å². The molecule has 8 heteroatoms. The zero-order valence-corrected chi connectivity index (χ0v) is 19.3. The summed E-state index contributed by atoms with van der Waals surface area (Å²) >= 11 is 0. The smallest absolute Gasteiger partial charge is 0.353 e. The van der Waals surface area contributed by atoms with Crippen LogP contribution in [0.5, 0.6) is 0 Å². The average molecular weight is 451 g/mol. The zero-order chi connectivity index (χ0) is 24.3. The van der Waals surface area contributed by atoms with E-state index in [1.807, 2.05) is 25.1 Å². The average Bonchev–Trinajstić information content (AvgIpc) is 3.07. The molecule has 0 bridgehead atoms. The maximum atomic E-state index is 12.7. The summed E-state index contributed by atoms with van der Waals surface area (Å²) in [4.78, 5) is 26.0. The Bertz CT molecular complexity index is 954. The Morgan fingerprint density at radius 1 is 1.12 bits per heavy atom. The molecule has 1 amide bonds. The third-order valence-corrected chi connectivity index (χ3v) is 4.74. The number of alkyl halides is 2. The number of aromatic nitrogens is 1. The fourth-order valence-electron chi connectivity index (χ4n) is 2.93. The number of carbonyl (C=O) groups is 2. The molecule has 1 fully saturated rings. The van der Waals surface area contributed by atoms with Crippen LogP contribution in [-0.4, -0.2) is 59.2 Å². The van der Waals surface area contributed by atoms with Gasteiger partial charge in [-0.3, -0.25) is 4.79 Å². The predicted molar refractivity (Wildman–Crippen MR) is 123 cm³/mol. The molecule has 0 spiro atoms. The number of halogens is 2. The first-order chi connectivity index (χ1) is 15.1. The molecule has 2 heterocycles. The summed E-state index contributed by atoms with van der Waals surface area (Å²) in [5.74, 6) is -1.34. The van der Waals surface area contributed by atoms with Crippen LogP contribution in [0.4, 0.5) is 8.78 Å². The summed E-state index contributed by atoms with van der Waals surface area (Å²) in [5.41, 5.74) is 2.42. The molecule has 0 radical (unpaired) electrons. The first-order valence-electron chi connectivity index (χ1n) is 10.3. The highest BCUT2D eigenvalue weighted by Gasteiger charge is 2.29. The number of ether oxygens (including phenoxy) is 1. The number of allylic oxidation sites excluding steroid dienone is 4. The molecular weight excluding hydrogens is 418 g/mol. The number of amides is 1. The number of para-hydroxylation sites is 1. The van der Waals surface area contributed by atoms with Gasteiger partial charge >= 0.3 is 5.97 Å². The van der Waals surface area contributed by atoms with Crippen molar-refractivity contribution in [3.05, 3.63) is 59.3 Å². The maximum Gasteiger partial charge on any atom is 0.353 e. The van der Waals surface area contributed by atoms with Crippen LogP contribution in [-0.2, 0) is 11.8 Å². The van der Waals surface area contributed by atoms with Gasteiger partial charge in [-0.1, -0.05) is 35.9 Å². The number of morpholine rings is 1. The summed E-state index contributed by atoms with van der Waals surface area (Å²) < 4.78 is 28.7. The highest BCUT2D eigenvalue weighted by atomic mass is 19.3. The van der Waals surface area contributed by atoms with Gasteiger partial charge < -0.3 is 19.3 Å². The normalized spacial score (nSPS) is 13.3. The van der Waals surface area contributed by atoms with Gasteiger partial charge in [-0.05, 0) is 39.8 Å². The SMILES string of the molecule is C/C=C/C(F)F.CC=C(C)C.Cn1c(C(=O)O)c(C(=O)N2CCOCC2)c2ccccc21. The summed E-state index contributed by atoms with van der Waals surface area (Å²) in [6.07, 6.45) is 1.96. The van der Waals surface area contributed by atoms with Crippen LogP contribution in [0, 0.1) is 0 Å². The van der Waals surface area contributed by atoms with Crippen molar-refractivity contribution in [3.63, 3.8) is 0 Å². The molecule has 1 N–H and O–H groups in total. The Morgan fingerprint density at radius 2 is 1.69 bits per heavy atom. The molecule has 0 atom stereocenters. The number of nitrogens with zero attached hydrogens (tertiary/aromatic N) is 2. The van der Waals surface area contributed by atoms with Gasteiger partial charge in [0.05, 0.1) is 18.8 Å². The van der Waals surface area contributed by atoms with Crippen molar-refractivity contribution in [2.45, 2.75) is 34.1 Å². The number of fused-ring (bicyclic) bond motifs is 1. The van der Waals surface area contributed by atoms with Crippen LogP contribution in [0.15, 0.2) is 48.1 Å². The van der Waals surface area contributed by atoms with Crippen molar-refractivity contribution in [1.29, 1.82) is 0 Å². The Labute approximate surface area is 187 Å². The van der Waals surface area contributed by atoms with E-state index in [-0.39, 0.29) is 17.2 Å². The van der Waals surface area contributed by atoms with Crippen molar-refractivity contribution >= 4 is 22.8 Å². The molecule has 1 saturated heterocycles. The van der Waals surface area contributed by atoms with E-state index in [1.165, 1.54) is 11.6 Å². The Balaban J connectivity index is 0.000000389. The first-order valence-corrected chi connectivity index (χ1v) is 10.3. The number of hydrogen-bond acceptors (Lipinski definition) is 3. The summed E-state index contributed by atoms with van der Waals surface area (Å²) in [5, 5.41) is 10.2. The molecule has 3 rings (SSSR count). The number of aryl methyl sites for hydroxylation is 1. The highest BCUT2D eigenvalue weighted by molar-refractivity contribution is 6.14.